The highest BCUT2D eigenvalue weighted by atomic mass is 32.2. The number of nitrogens with one attached hydrogen (secondary N) is 2. The van der Waals surface area contributed by atoms with Gasteiger partial charge in [-0.05, 0) is 31.0 Å². The van der Waals surface area contributed by atoms with Crippen LogP contribution in [0, 0.1) is 0 Å². The minimum Gasteiger partial charge on any atom is -0.464 e. The third kappa shape index (κ3) is 7.04. The summed E-state index contributed by atoms with van der Waals surface area (Å²) in [5.74, 6) is 0.172. The molecule has 35 heavy (non-hydrogen) atoms. The van der Waals surface area contributed by atoms with Gasteiger partial charge in [0.2, 0.25) is 0 Å². The summed E-state index contributed by atoms with van der Waals surface area (Å²) in [5.41, 5.74) is 3.03. The van der Waals surface area contributed by atoms with E-state index in [2.05, 4.69) is 10.3 Å². The lowest BCUT2D eigenvalue weighted by atomic mass is 10.0. The van der Waals surface area contributed by atoms with Gasteiger partial charge in [0.15, 0.2) is 11.2 Å². The van der Waals surface area contributed by atoms with Crippen LogP contribution in [0.4, 0.5) is 5.69 Å². The number of thiazole rings is 1. The Morgan fingerprint density at radius 2 is 1.94 bits per heavy atom. The summed E-state index contributed by atoms with van der Waals surface area (Å²) in [6, 6.07) is 15.8. The van der Waals surface area contributed by atoms with Gasteiger partial charge in [0, 0.05) is 16.7 Å². The van der Waals surface area contributed by atoms with Gasteiger partial charge in [-0.2, -0.15) is 8.42 Å². The molecule has 1 aliphatic heterocycles. The van der Waals surface area contributed by atoms with Gasteiger partial charge >= 0.3 is 16.3 Å². The van der Waals surface area contributed by atoms with E-state index in [-0.39, 0.29) is 17.7 Å². The van der Waals surface area contributed by atoms with Crippen molar-refractivity contribution in [1.29, 1.82) is 0 Å². The molecule has 1 aliphatic rings. The monoisotopic (exact) mass is 532 g/mol. The number of hydrogen-bond donors (Lipinski definition) is 3. The number of aromatic nitrogens is 1. The molecule has 0 radical (unpaired) electrons. The maximum atomic E-state index is 12.1. The van der Waals surface area contributed by atoms with Gasteiger partial charge in [0.25, 0.3) is 0 Å². The van der Waals surface area contributed by atoms with E-state index in [1.54, 1.807) is 42.5 Å². The largest absolute Gasteiger partial charge is 0.464 e. The number of ether oxygens (including phenoxy) is 1. The van der Waals surface area contributed by atoms with Gasteiger partial charge in [-0.1, -0.05) is 54.2 Å². The second kappa shape index (κ2) is 11.2. The quantitative estimate of drug-likeness (QED) is 0.279. The summed E-state index contributed by atoms with van der Waals surface area (Å²) in [6.07, 6.45) is 0.535. The summed E-state index contributed by atoms with van der Waals surface area (Å²) in [7, 11) is -4.34. The molecule has 0 fully saturated rings. The predicted molar refractivity (Wildman–Crippen MR) is 139 cm³/mol. The zero-order chi connectivity index (χ0) is 24.8. The number of benzene rings is 2. The standard InChI is InChI=1S/C23H24N4O5S3/c1-2-32-22(28)20-14-34-23(26-20)25-18(12-15-8-10-17(11-9-15)27-35(29,30)31)19-13-33-21(24-19)16-6-4-3-5-7-16/h3-11,13,18,20,27H,2,12,14H2,1H3,(H,25,26)(H,29,30,31)/t18-,20?/m0/s1. The van der Waals surface area contributed by atoms with Gasteiger partial charge in [0.05, 0.1) is 24.0 Å². The Balaban J connectivity index is 1.56. The molecule has 0 bridgehead atoms. The van der Waals surface area contributed by atoms with E-state index in [1.807, 2.05) is 40.4 Å². The fourth-order valence-electron chi connectivity index (χ4n) is 3.44. The Bertz CT molecular complexity index is 1290. The highest BCUT2D eigenvalue weighted by Crippen LogP contribution is 2.29. The Hall–Kier alpha value is -2.93. The number of rotatable bonds is 9. The SMILES string of the molecule is CCOC(=O)C1CSC(N[C@@H](Cc2ccc(NS(=O)(=O)O)cc2)c2csc(-c3ccccc3)n2)=N1. The van der Waals surface area contributed by atoms with E-state index in [0.29, 0.717) is 23.9 Å². The molecule has 0 aliphatic carbocycles. The average Bonchev–Trinajstić information content (AvgIpc) is 3.50. The van der Waals surface area contributed by atoms with Crippen molar-refractivity contribution in [2.75, 3.05) is 17.1 Å². The van der Waals surface area contributed by atoms with Crippen LogP contribution in [-0.4, -0.2) is 47.5 Å². The molecule has 2 aromatic carbocycles. The zero-order valence-electron chi connectivity index (χ0n) is 18.7. The van der Waals surface area contributed by atoms with Gasteiger partial charge < -0.3 is 10.1 Å². The molecule has 0 saturated heterocycles. The number of carbonyl (C=O) groups excluding carboxylic acids is 1. The second-order valence-electron chi connectivity index (χ2n) is 7.63. The van der Waals surface area contributed by atoms with E-state index >= 15 is 0 Å². The Labute approximate surface area is 211 Å². The molecule has 1 aromatic heterocycles. The molecule has 2 atom stereocenters. The van der Waals surface area contributed by atoms with Crippen LogP contribution in [0.25, 0.3) is 10.6 Å². The second-order valence-corrected chi connectivity index (χ2v) is 10.7. The van der Waals surface area contributed by atoms with Crippen LogP contribution in [-0.2, 0) is 26.3 Å². The number of thioether (sulfide) groups is 1. The molecule has 3 N–H and O–H groups in total. The van der Waals surface area contributed by atoms with Crippen LogP contribution in [0.2, 0.25) is 0 Å². The van der Waals surface area contributed by atoms with Crippen molar-refractivity contribution in [3.63, 3.8) is 0 Å². The Morgan fingerprint density at radius 1 is 1.20 bits per heavy atom. The van der Waals surface area contributed by atoms with E-state index in [0.717, 1.165) is 21.8 Å². The first-order valence-electron chi connectivity index (χ1n) is 10.8. The molecule has 1 unspecified atom stereocenters. The Kier molecular flexibility index (Phi) is 8.06. The van der Waals surface area contributed by atoms with Crippen LogP contribution < -0.4 is 10.0 Å². The lowest BCUT2D eigenvalue weighted by molar-refractivity contribution is -0.143. The number of anilines is 1. The highest BCUT2D eigenvalue weighted by molar-refractivity contribution is 8.14. The minimum absolute atomic E-state index is 0.240. The minimum atomic E-state index is -4.34. The first kappa shape index (κ1) is 25.2. The third-order valence-corrected chi connectivity index (χ3v) is 7.43. The van der Waals surface area contributed by atoms with Gasteiger partial charge in [0.1, 0.15) is 5.01 Å². The molecule has 4 rings (SSSR count). The summed E-state index contributed by atoms with van der Waals surface area (Å²) < 4.78 is 38.2. The topological polar surface area (TPSA) is 130 Å². The molecule has 0 spiro atoms. The summed E-state index contributed by atoms with van der Waals surface area (Å²) in [5, 5.41) is 6.96. The summed E-state index contributed by atoms with van der Waals surface area (Å²) in [6.45, 7) is 2.08. The number of amidine groups is 1. The smallest absolute Gasteiger partial charge is 0.357 e. The first-order valence-corrected chi connectivity index (χ1v) is 14.1. The number of aliphatic imine (C=N–C) groups is 1. The van der Waals surface area contributed by atoms with Crippen LogP contribution in [0.15, 0.2) is 65.0 Å². The lowest BCUT2D eigenvalue weighted by Crippen LogP contribution is -2.28. The van der Waals surface area contributed by atoms with Crippen molar-refractivity contribution < 1.29 is 22.5 Å². The molecule has 0 amide bonds. The van der Waals surface area contributed by atoms with Crippen LogP contribution in [0.3, 0.4) is 0 Å². The van der Waals surface area contributed by atoms with Crippen LogP contribution in [0.1, 0.15) is 24.2 Å². The van der Waals surface area contributed by atoms with Crippen molar-refractivity contribution in [3.05, 3.63) is 71.2 Å². The Morgan fingerprint density at radius 3 is 2.63 bits per heavy atom. The first-order chi connectivity index (χ1) is 16.8. The lowest BCUT2D eigenvalue weighted by Gasteiger charge is -2.18. The molecule has 12 heteroatoms. The van der Waals surface area contributed by atoms with Crippen molar-refractivity contribution >= 4 is 50.2 Å². The number of carbonyl (C=O) groups is 1. The zero-order valence-corrected chi connectivity index (χ0v) is 21.2. The predicted octanol–water partition coefficient (Wildman–Crippen LogP) is 3.93. The number of hydrogen-bond acceptors (Lipinski definition) is 9. The average molecular weight is 533 g/mol. The normalized spacial score (nSPS) is 16.4. The van der Waals surface area contributed by atoms with Gasteiger partial charge in [-0.3, -0.25) is 9.27 Å². The van der Waals surface area contributed by atoms with Crippen LogP contribution in [0.5, 0.6) is 0 Å². The third-order valence-electron chi connectivity index (χ3n) is 5.05. The number of nitrogens with zero attached hydrogens (tertiary/aromatic N) is 2. The van der Waals surface area contributed by atoms with Gasteiger partial charge in [-0.25, -0.2) is 14.8 Å². The van der Waals surface area contributed by atoms with Gasteiger partial charge in [-0.15, -0.1) is 11.3 Å². The highest BCUT2D eigenvalue weighted by Gasteiger charge is 2.28. The summed E-state index contributed by atoms with van der Waals surface area (Å²) in [4.78, 5) is 21.4. The van der Waals surface area contributed by atoms with Crippen molar-refractivity contribution in [2.24, 2.45) is 4.99 Å². The molecule has 2 heterocycles. The summed E-state index contributed by atoms with van der Waals surface area (Å²) >= 11 is 3.00. The maximum absolute atomic E-state index is 12.1. The molecule has 3 aromatic rings. The molecule has 0 saturated carbocycles. The van der Waals surface area contributed by atoms with Crippen molar-refractivity contribution in [2.45, 2.75) is 25.4 Å². The van der Waals surface area contributed by atoms with E-state index in [4.69, 9.17) is 14.3 Å². The van der Waals surface area contributed by atoms with Crippen molar-refractivity contribution in [1.82, 2.24) is 10.3 Å². The van der Waals surface area contributed by atoms with Crippen molar-refractivity contribution in [3.8, 4) is 10.6 Å². The van der Waals surface area contributed by atoms with E-state index < -0.39 is 16.3 Å². The molecular formula is C23H24N4O5S3. The number of esters is 1. The fourth-order valence-corrected chi connectivity index (χ4v) is 5.71. The van der Waals surface area contributed by atoms with E-state index in [9.17, 15) is 13.2 Å². The van der Waals surface area contributed by atoms with Crippen LogP contribution >= 0.6 is 23.1 Å². The molecule has 9 nitrogen and oxygen atoms in total. The van der Waals surface area contributed by atoms with E-state index in [1.165, 1.54) is 11.8 Å². The molecule has 184 valence electrons. The molecular weight excluding hydrogens is 508 g/mol. The maximum Gasteiger partial charge on any atom is 0.357 e. The fraction of sp³-hybridized carbons (Fsp3) is 0.261.